The highest BCUT2D eigenvalue weighted by Crippen LogP contribution is 2.38. The molecule has 2 aromatic rings. The van der Waals surface area contributed by atoms with Gasteiger partial charge in [-0.3, -0.25) is 4.79 Å². The molecular weight excluding hydrogens is 360 g/mol. The molecule has 1 aliphatic heterocycles. The predicted molar refractivity (Wildman–Crippen MR) is 106 cm³/mol. The maximum absolute atomic E-state index is 12.5. The number of nitriles is 1. The number of fused-ring (bicyclic) bond motifs is 1. The number of piperazine rings is 1. The summed E-state index contributed by atoms with van der Waals surface area (Å²) in [4.78, 5) is 17.1. The number of carbonyl (C=O) groups is 1. The molecule has 2 heterocycles. The molecule has 7 heteroatoms. The Hall–Kier alpha value is -2.56. The van der Waals surface area contributed by atoms with E-state index in [-0.39, 0.29) is 5.91 Å². The molecule has 27 heavy (non-hydrogen) atoms. The molecule has 1 aromatic carbocycles. The average molecular weight is 383 g/mol. The van der Waals surface area contributed by atoms with E-state index in [1.807, 2.05) is 18.2 Å². The van der Waals surface area contributed by atoms with Crippen molar-refractivity contribution in [1.82, 2.24) is 0 Å². The van der Waals surface area contributed by atoms with Crippen LogP contribution in [0, 0.1) is 11.3 Å². The Kier molecular flexibility index (Phi) is 5.01. The van der Waals surface area contributed by atoms with Crippen molar-refractivity contribution in [3.63, 3.8) is 0 Å². The Labute approximate surface area is 162 Å². The molecule has 6 nitrogen and oxygen atoms in total. The number of phenols is 1. The van der Waals surface area contributed by atoms with Crippen LogP contribution < -0.4 is 15.1 Å². The van der Waals surface area contributed by atoms with Crippen molar-refractivity contribution in [2.24, 2.45) is 0 Å². The van der Waals surface area contributed by atoms with Crippen LogP contribution in [0.5, 0.6) is 5.75 Å². The summed E-state index contributed by atoms with van der Waals surface area (Å²) >= 11 is 1.56. The quantitative estimate of drug-likeness (QED) is 0.740. The van der Waals surface area contributed by atoms with Gasteiger partial charge in [-0.25, -0.2) is 0 Å². The zero-order chi connectivity index (χ0) is 18.8. The molecule has 4 rings (SSSR count). The first-order valence-electron chi connectivity index (χ1n) is 9.36. The number of hydrogen-bond donors (Lipinski definition) is 3. The van der Waals surface area contributed by atoms with Crippen molar-refractivity contribution < 1.29 is 14.8 Å². The molecule has 0 atom stereocenters. The lowest BCUT2D eigenvalue weighted by Crippen LogP contribution is -3.15. The van der Waals surface area contributed by atoms with E-state index in [1.165, 1.54) is 9.78 Å². The van der Waals surface area contributed by atoms with E-state index in [0.29, 0.717) is 17.9 Å². The Morgan fingerprint density at radius 1 is 1.30 bits per heavy atom. The molecule has 1 saturated heterocycles. The molecule has 0 radical (unpaired) electrons. The second-order valence-corrected chi connectivity index (χ2v) is 8.23. The number of quaternary nitrogens is 1. The standard InChI is InChI=1S/C20H22N4O2S/c21-12-15-14-4-3-7-18(14)27-20(15)22-19(26)13-23-8-10-24(11-9-23)16-5-1-2-6-17(16)25/h1-2,5-6,25H,3-4,7-11,13H2,(H,22,26)/p+1. The largest absolute Gasteiger partial charge is 0.506 e. The molecule has 1 aromatic heterocycles. The topological polar surface area (TPSA) is 80.8 Å². The highest BCUT2D eigenvalue weighted by Gasteiger charge is 2.26. The summed E-state index contributed by atoms with van der Waals surface area (Å²) in [5.74, 6) is 0.269. The highest BCUT2D eigenvalue weighted by molar-refractivity contribution is 7.16. The maximum Gasteiger partial charge on any atom is 0.280 e. The molecule has 2 aliphatic rings. The van der Waals surface area contributed by atoms with Gasteiger partial charge >= 0.3 is 0 Å². The third-order valence-electron chi connectivity index (χ3n) is 5.39. The number of nitrogens with zero attached hydrogens (tertiary/aromatic N) is 2. The van der Waals surface area contributed by atoms with E-state index < -0.39 is 0 Å². The van der Waals surface area contributed by atoms with E-state index in [0.717, 1.165) is 61.7 Å². The third kappa shape index (κ3) is 3.64. The fourth-order valence-corrected chi connectivity index (χ4v) is 5.24. The number of anilines is 2. The summed E-state index contributed by atoms with van der Waals surface area (Å²) in [5, 5.41) is 23.1. The van der Waals surface area contributed by atoms with Gasteiger partial charge < -0.3 is 20.2 Å². The van der Waals surface area contributed by atoms with E-state index in [4.69, 9.17) is 0 Å². The zero-order valence-corrected chi connectivity index (χ0v) is 15.9. The lowest BCUT2D eigenvalue weighted by atomic mass is 10.1. The SMILES string of the molecule is N#Cc1c(NC(=O)C[NH+]2CCN(c3ccccc3O)CC2)sc2c1CCC2. The predicted octanol–water partition coefficient (Wildman–Crippen LogP) is 1.16. The number of benzene rings is 1. The van der Waals surface area contributed by atoms with Gasteiger partial charge in [0.25, 0.3) is 5.91 Å². The van der Waals surface area contributed by atoms with E-state index in [9.17, 15) is 15.2 Å². The van der Waals surface area contributed by atoms with Crippen LogP contribution >= 0.6 is 11.3 Å². The Morgan fingerprint density at radius 2 is 2.07 bits per heavy atom. The third-order valence-corrected chi connectivity index (χ3v) is 6.60. The second kappa shape index (κ2) is 7.59. The van der Waals surface area contributed by atoms with Crippen LogP contribution in [0.25, 0.3) is 0 Å². The molecule has 1 fully saturated rings. The van der Waals surface area contributed by atoms with Crippen LogP contribution in [0.15, 0.2) is 24.3 Å². The molecule has 0 spiro atoms. The number of phenolic OH excluding ortho intramolecular Hbond substituents is 1. The van der Waals surface area contributed by atoms with Crippen LogP contribution in [0.1, 0.15) is 22.4 Å². The number of aryl methyl sites for hydroxylation is 1. The van der Waals surface area contributed by atoms with Gasteiger partial charge in [0.05, 0.1) is 37.4 Å². The lowest BCUT2D eigenvalue weighted by molar-refractivity contribution is -0.892. The first-order chi connectivity index (χ1) is 13.2. The minimum atomic E-state index is -0.0302. The van der Waals surface area contributed by atoms with Gasteiger partial charge in [-0.2, -0.15) is 5.26 Å². The highest BCUT2D eigenvalue weighted by atomic mass is 32.1. The van der Waals surface area contributed by atoms with Crippen LogP contribution in [-0.4, -0.2) is 43.7 Å². The van der Waals surface area contributed by atoms with Crippen molar-refractivity contribution in [3.8, 4) is 11.8 Å². The lowest BCUT2D eigenvalue weighted by Gasteiger charge is -2.33. The van der Waals surface area contributed by atoms with E-state index in [1.54, 1.807) is 17.4 Å². The van der Waals surface area contributed by atoms with Gasteiger partial charge in [0.1, 0.15) is 16.8 Å². The molecule has 140 valence electrons. The molecule has 3 N–H and O–H groups in total. The zero-order valence-electron chi connectivity index (χ0n) is 15.1. The van der Waals surface area contributed by atoms with Crippen LogP contribution in [0.3, 0.4) is 0 Å². The molecule has 1 amide bonds. The van der Waals surface area contributed by atoms with Crippen LogP contribution in [0.4, 0.5) is 10.7 Å². The van der Waals surface area contributed by atoms with Gasteiger partial charge in [0.2, 0.25) is 0 Å². The second-order valence-electron chi connectivity index (χ2n) is 7.12. The average Bonchev–Trinajstić information content (AvgIpc) is 3.23. The molecular formula is C20H23N4O2S+. The van der Waals surface area contributed by atoms with E-state index >= 15 is 0 Å². The summed E-state index contributed by atoms with van der Waals surface area (Å²) in [6.07, 6.45) is 3.07. The molecule has 0 bridgehead atoms. The van der Waals surface area contributed by atoms with Crippen molar-refractivity contribution >= 4 is 27.9 Å². The smallest absolute Gasteiger partial charge is 0.280 e. The minimum Gasteiger partial charge on any atom is -0.506 e. The van der Waals surface area contributed by atoms with Gasteiger partial charge in [0.15, 0.2) is 6.54 Å². The normalized spacial score (nSPS) is 16.8. The van der Waals surface area contributed by atoms with Crippen molar-refractivity contribution in [1.29, 1.82) is 5.26 Å². The number of rotatable bonds is 4. The van der Waals surface area contributed by atoms with E-state index in [2.05, 4.69) is 16.3 Å². The minimum absolute atomic E-state index is 0.0302. The van der Waals surface area contributed by atoms with Crippen molar-refractivity contribution in [2.75, 3.05) is 42.9 Å². The van der Waals surface area contributed by atoms with Crippen LogP contribution in [-0.2, 0) is 17.6 Å². The number of para-hydroxylation sites is 2. The summed E-state index contributed by atoms with van der Waals surface area (Å²) < 4.78 is 0. The number of thiophene rings is 1. The van der Waals surface area contributed by atoms with Crippen molar-refractivity contribution in [2.45, 2.75) is 19.3 Å². The summed E-state index contributed by atoms with van der Waals surface area (Å²) in [5.41, 5.74) is 2.66. The summed E-state index contributed by atoms with van der Waals surface area (Å²) in [7, 11) is 0. The number of carbonyl (C=O) groups excluding carboxylic acids is 1. The van der Waals surface area contributed by atoms with Crippen LogP contribution in [0.2, 0.25) is 0 Å². The monoisotopic (exact) mass is 383 g/mol. The summed E-state index contributed by atoms with van der Waals surface area (Å²) in [6, 6.07) is 9.64. The molecule has 0 unspecified atom stereocenters. The summed E-state index contributed by atoms with van der Waals surface area (Å²) in [6.45, 7) is 3.69. The molecule has 0 saturated carbocycles. The fourth-order valence-electron chi connectivity index (χ4n) is 3.98. The molecule has 1 aliphatic carbocycles. The van der Waals surface area contributed by atoms with Gasteiger partial charge in [0, 0.05) is 4.88 Å². The first kappa shape index (κ1) is 17.8. The Bertz CT molecular complexity index is 894. The van der Waals surface area contributed by atoms with Gasteiger partial charge in [-0.15, -0.1) is 11.3 Å². The van der Waals surface area contributed by atoms with Gasteiger partial charge in [-0.05, 0) is 37.0 Å². The number of aromatic hydroxyl groups is 1. The first-order valence-corrected chi connectivity index (χ1v) is 10.2. The Balaban J connectivity index is 1.33. The number of hydrogen-bond acceptors (Lipinski definition) is 5. The fraction of sp³-hybridized carbons (Fsp3) is 0.400. The number of nitrogens with one attached hydrogen (secondary N) is 2. The van der Waals surface area contributed by atoms with Gasteiger partial charge in [-0.1, -0.05) is 12.1 Å². The number of amides is 1. The maximum atomic E-state index is 12.5. The Morgan fingerprint density at radius 3 is 2.81 bits per heavy atom. The van der Waals surface area contributed by atoms with Crippen molar-refractivity contribution in [3.05, 3.63) is 40.3 Å².